The van der Waals surface area contributed by atoms with E-state index in [0.717, 1.165) is 0 Å². The first-order valence-electron chi connectivity index (χ1n) is 5.27. The molecule has 5 heteroatoms. The average molecular weight is 246 g/mol. The summed E-state index contributed by atoms with van der Waals surface area (Å²) in [6.07, 6.45) is 1.54. The number of carbonyl (C=O) groups is 1. The van der Waals surface area contributed by atoms with Crippen LogP contribution in [-0.4, -0.2) is 18.0 Å². The van der Waals surface area contributed by atoms with Gasteiger partial charge in [-0.2, -0.15) is 0 Å². The van der Waals surface area contributed by atoms with Crippen molar-refractivity contribution in [1.82, 2.24) is 4.98 Å². The smallest absolute Gasteiger partial charge is 0.258 e. The first-order valence-corrected chi connectivity index (χ1v) is 5.27. The summed E-state index contributed by atoms with van der Waals surface area (Å²) in [7, 11) is 1.45. The zero-order valence-corrected chi connectivity index (χ0v) is 9.68. The van der Waals surface area contributed by atoms with Gasteiger partial charge in [0.05, 0.1) is 12.7 Å². The van der Waals surface area contributed by atoms with E-state index < -0.39 is 11.7 Å². The molecule has 1 amide bonds. The summed E-state index contributed by atoms with van der Waals surface area (Å²) in [5, 5.41) is 2.55. The summed E-state index contributed by atoms with van der Waals surface area (Å²) < 4.78 is 18.4. The normalized spacial score (nSPS) is 9.89. The molecule has 1 N–H and O–H groups in total. The van der Waals surface area contributed by atoms with Gasteiger partial charge in [0.2, 0.25) is 5.88 Å². The number of methoxy groups -OCH3 is 1. The van der Waals surface area contributed by atoms with Crippen LogP contribution in [0.5, 0.6) is 5.88 Å². The molecule has 0 unspecified atom stereocenters. The molecule has 0 atom stereocenters. The highest BCUT2D eigenvalue weighted by Crippen LogP contribution is 2.21. The average Bonchev–Trinajstić information content (AvgIpc) is 2.39. The van der Waals surface area contributed by atoms with E-state index in [1.165, 1.54) is 31.5 Å². The van der Waals surface area contributed by atoms with Gasteiger partial charge in [0, 0.05) is 6.20 Å². The number of halogens is 1. The molecule has 0 fully saturated rings. The molecule has 0 saturated carbocycles. The molecule has 0 aliphatic rings. The van der Waals surface area contributed by atoms with Crippen LogP contribution in [0.15, 0.2) is 42.6 Å². The molecule has 0 radical (unpaired) electrons. The maximum Gasteiger partial charge on any atom is 0.258 e. The van der Waals surface area contributed by atoms with Crippen LogP contribution in [0, 0.1) is 5.82 Å². The van der Waals surface area contributed by atoms with E-state index in [0.29, 0.717) is 5.69 Å². The molecule has 1 aromatic carbocycles. The Morgan fingerprint density at radius 3 is 2.78 bits per heavy atom. The number of anilines is 1. The fraction of sp³-hybridized carbons (Fsp3) is 0.0769. The van der Waals surface area contributed by atoms with E-state index in [1.54, 1.807) is 18.2 Å². The van der Waals surface area contributed by atoms with Crippen molar-refractivity contribution in [1.29, 1.82) is 0 Å². The lowest BCUT2D eigenvalue weighted by Gasteiger charge is -2.08. The molecule has 0 aliphatic carbocycles. The molecule has 0 saturated heterocycles. The first-order chi connectivity index (χ1) is 8.72. The van der Waals surface area contributed by atoms with Crippen molar-refractivity contribution in [2.45, 2.75) is 0 Å². The molecule has 0 bridgehead atoms. The van der Waals surface area contributed by atoms with Crippen molar-refractivity contribution >= 4 is 11.6 Å². The fourth-order valence-electron chi connectivity index (χ4n) is 1.48. The van der Waals surface area contributed by atoms with Crippen molar-refractivity contribution in [3.05, 3.63) is 54.0 Å². The van der Waals surface area contributed by atoms with Crippen molar-refractivity contribution < 1.29 is 13.9 Å². The van der Waals surface area contributed by atoms with Gasteiger partial charge in [-0.05, 0) is 24.3 Å². The minimum Gasteiger partial charge on any atom is -0.480 e. The molecule has 0 spiro atoms. The van der Waals surface area contributed by atoms with Gasteiger partial charge in [0.15, 0.2) is 0 Å². The summed E-state index contributed by atoms with van der Waals surface area (Å²) in [5.41, 5.74) is 0.372. The topological polar surface area (TPSA) is 51.2 Å². The predicted octanol–water partition coefficient (Wildman–Crippen LogP) is 2.48. The minimum absolute atomic E-state index is 0.0246. The zero-order chi connectivity index (χ0) is 13.0. The van der Waals surface area contributed by atoms with Crippen LogP contribution < -0.4 is 10.1 Å². The van der Waals surface area contributed by atoms with Gasteiger partial charge in [-0.15, -0.1) is 0 Å². The van der Waals surface area contributed by atoms with Crippen molar-refractivity contribution in [3.63, 3.8) is 0 Å². The quantitative estimate of drug-likeness (QED) is 0.905. The first kappa shape index (κ1) is 12.0. The lowest BCUT2D eigenvalue weighted by molar-refractivity contribution is 0.102. The lowest BCUT2D eigenvalue weighted by Crippen LogP contribution is -2.14. The van der Waals surface area contributed by atoms with Crippen LogP contribution in [0.1, 0.15) is 10.4 Å². The molecule has 2 rings (SSSR count). The Bertz CT molecular complexity index is 572. The fourth-order valence-corrected chi connectivity index (χ4v) is 1.48. The molecule has 1 aromatic heterocycles. The number of nitrogens with zero attached hydrogens (tertiary/aromatic N) is 1. The molecule has 4 nitrogen and oxygen atoms in total. The second-order valence-corrected chi connectivity index (χ2v) is 3.49. The van der Waals surface area contributed by atoms with Crippen LogP contribution in [0.25, 0.3) is 0 Å². The Morgan fingerprint density at radius 1 is 1.28 bits per heavy atom. The Kier molecular flexibility index (Phi) is 3.52. The van der Waals surface area contributed by atoms with Crippen molar-refractivity contribution in [3.8, 4) is 5.88 Å². The number of ether oxygens (including phenoxy) is 1. The summed E-state index contributed by atoms with van der Waals surface area (Å²) in [5.74, 6) is -0.834. The van der Waals surface area contributed by atoms with E-state index in [-0.39, 0.29) is 11.4 Å². The highest BCUT2D eigenvalue weighted by atomic mass is 19.1. The maximum absolute atomic E-state index is 13.4. The second kappa shape index (κ2) is 5.27. The van der Waals surface area contributed by atoms with Gasteiger partial charge in [-0.1, -0.05) is 12.1 Å². The maximum atomic E-state index is 13.4. The monoisotopic (exact) mass is 246 g/mol. The van der Waals surface area contributed by atoms with Crippen LogP contribution in [-0.2, 0) is 0 Å². The zero-order valence-electron chi connectivity index (χ0n) is 9.68. The van der Waals surface area contributed by atoms with Crippen molar-refractivity contribution in [2.24, 2.45) is 0 Å². The third-order valence-corrected chi connectivity index (χ3v) is 2.33. The van der Waals surface area contributed by atoms with Gasteiger partial charge in [0.25, 0.3) is 5.91 Å². The Balaban J connectivity index is 2.24. The molecule has 18 heavy (non-hydrogen) atoms. The SMILES string of the molecule is COc1ncccc1NC(=O)c1ccccc1F. The summed E-state index contributed by atoms with van der Waals surface area (Å²) >= 11 is 0. The van der Waals surface area contributed by atoms with E-state index >= 15 is 0 Å². The lowest BCUT2D eigenvalue weighted by atomic mass is 10.2. The second-order valence-electron chi connectivity index (χ2n) is 3.49. The van der Waals surface area contributed by atoms with Crippen LogP contribution in [0.4, 0.5) is 10.1 Å². The van der Waals surface area contributed by atoms with Gasteiger partial charge >= 0.3 is 0 Å². The molecule has 1 heterocycles. The van der Waals surface area contributed by atoms with E-state index in [4.69, 9.17) is 4.74 Å². The molecular weight excluding hydrogens is 235 g/mol. The number of aromatic nitrogens is 1. The third kappa shape index (κ3) is 2.45. The highest BCUT2D eigenvalue weighted by molar-refractivity contribution is 6.05. The number of rotatable bonds is 3. The third-order valence-electron chi connectivity index (χ3n) is 2.33. The molecule has 92 valence electrons. The van der Waals surface area contributed by atoms with Crippen LogP contribution in [0.2, 0.25) is 0 Å². The predicted molar refractivity (Wildman–Crippen MR) is 65.1 cm³/mol. The number of hydrogen-bond acceptors (Lipinski definition) is 3. The Labute approximate surface area is 103 Å². The number of carbonyl (C=O) groups excluding carboxylic acids is 1. The summed E-state index contributed by atoms with van der Waals surface area (Å²) in [4.78, 5) is 15.8. The summed E-state index contributed by atoms with van der Waals surface area (Å²) in [6.45, 7) is 0. The Hall–Kier alpha value is -2.43. The van der Waals surface area contributed by atoms with E-state index in [9.17, 15) is 9.18 Å². The van der Waals surface area contributed by atoms with Gasteiger partial charge in [0.1, 0.15) is 11.5 Å². The number of nitrogens with one attached hydrogen (secondary N) is 1. The Morgan fingerprint density at radius 2 is 2.06 bits per heavy atom. The van der Waals surface area contributed by atoms with E-state index in [1.807, 2.05) is 0 Å². The number of benzene rings is 1. The number of hydrogen-bond donors (Lipinski definition) is 1. The summed E-state index contributed by atoms with van der Waals surface area (Å²) in [6, 6.07) is 9.04. The number of amides is 1. The van der Waals surface area contributed by atoms with Crippen molar-refractivity contribution in [2.75, 3.05) is 12.4 Å². The van der Waals surface area contributed by atoms with Gasteiger partial charge in [-0.25, -0.2) is 9.37 Å². The van der Waals surface area contributed by atoms with Crippen LogP contribution in [0.3, 0.4) is 0 Å². The van der Waals surface area contributed by atoms with Gasteiger partial charge in [-0.3, -0.25) is 4.79 Å². The minimum atomic E-state index is -0.571. The highest BCUT2D eigenvalue weighted by Gasteiger charge is 2.13. The molecule has 0 aliphatic heterocycles. The standard InChI is InChI=1S/C13H11FN2O2/c1-18-13-11(7-4-8-15-13)16-12(17)9-5-2-3-6-10(9)14/h2-8H,1H3,(H,16,17). The number of pyridine rings is 1. The van der Waals surface area contributed by atoms with E-state index in [2.05, 4.69) is 10.3 Å². The largest absolute Gasteiger partial charge is 0.480 e. The molecule has 2 aromatic rings. The van der Waals surface area contributed by atoms with Crippen LogP contribution >= 0.6 is 0 Å². The van der Waals surface area contributed by atoms with Gasteiger partial charge < -0.3 is 10.1 Å². The molecular formula is C13H11FN2O2.